The van der Waals surface area contributed by atoms with Gasteiger partial charge < -0.3 is 14.9 Å². The van der Waals surface area contributed by atoms with Gasteiger partial charge in [-0.3, -0.25) is 0 Å². The Morgan fingerprint density at radius 2 is 2.06 bits per heavy atom. The number of rotatable bonds is 2. The number of urea groups is 1. The number of piperidine rings is 1. The van der Waals surface area contributed by atoms with Crippen LogP contribution in [0.15, 0.2) is 0 Å². The summed E-state index contributed by atoms with van der Waals surface area (Å²) in [5.74, 6) is -0.912. The van der Waals surface area contributed by atoms with E-state index < -0.39 is 11.5 Å². The second kappa shape index (κ2) is 4.72. The van der Waals surface area contributed by atoms with Gasteiger partial charge in [0.05, 0.1) is 0 Å². The molecule has 16 heavy (non-hydrogen) atoms. The molecule has 1 atom stereocenters. The van der Waals surface area contributed by atoms with Crippen LogP contribution in [0, 0.1) is 0 Å². The van der Waals surface area contributed by atoms with Gasteiger partial charge in [-0.2, -0.15) is 0 Å². The van der Waals surface area contributed by atoms with Crippen molar-refractivity contribution in [3.63, 3.8) is 0 Å². The number of hydrogen-bond acceptors (Lipinski definition) is 2. The lowest BCUT2D eigenvalue weighted by Gasteiger charge is -2.43. The van der Waals surface area contributed by atoms with Crippen molar-refractivity contribution in [2.24, 2.45) is 0 Å². The Morgan fingerprint density at radius 3 is 2.56 bits per heavy atom. The maximum absolute atomic E-state index is 12.0. The number of carboxylic acid groups (broad SMARTS) is 1. The molecule has 1 fully saturated rings. The van der Waals surface area contributed by atoms with Crippen LogP contribution in [-0.2, 0) is 4.79 Å². The molecule has 1 rings (SSSR count). The summed E-state index contributed by atoms with van der Waals surface area (Å²) in [6.45, 7) is 4.63. The van der Waals surface area contributed by atoms with Crippen molar-refractivity contribution in [2.75, 3.05) is 20.1 Å². The fourth-order valence-corrected chi connectivity index (χ4v) is 1.99. The van der Waals surface area contributed by atoms with Gasteiger partial charge in [-0.25, -0.2) is 9.59 Å². The molecule has 92 valence electrons. The monoisotopic (exact) mass is 228 g/mol. The van der Waals surface area contributed by atoms with Gasteiger partial charge >= 0.3 is 12.0 Å². The van der Waals surface area contributed by atoms with Crippen LogP contribution in [0.5, 0.6) is 0 Å². The van der Waals surface area contributed by atoms with Crippen molar-refractivity contribution in [1.82, 2.24) is 9.80 Å². The van der Waals surface area contributed by atoms with Crippen molar-refractivity contribution in [1.29, 1.82) is 0 Å². The highest BCUT2D eigenvalue weighted by Crippen LogP contribution is 2.29. The molecule has 0 aliphatic carbocycles. The molecule has 1 saturated heterocycles. The van der Waals surface area contributed by atoms with Crippen molar-refractivity contribution in [2.45, 2.75) is 38.6 Å². The predicted octanol–water partition coefficient (Wildman–Crippen LogP) is 1.39. The fraction of sp³-hybridized carbons (Fsp3) is 0.818. The lowest BCUT2D eigenvalue weighted by atomic mass is 9.89. The Balaban J connectivity index is 2.90. The number of hydrogen-bond donors (Lipinski definition) is 1. The highest BCUT2D eigenvalue weighted by Gasteiger charge is 2.44. The van der Waals surface area contributed by atoms with E-state index in [0.717, 1.165) is 12.8 Å². The van der Waals surface area contributed by atoms with Gasteiger partial charge in [0.15, 0.2) is 0 Å². The molecule has 0 aromatic heterocycles. The molecular weight excluding hydrogens is 208 g/mol. The topological polar surface area (TPSA) is 60.9 Å². The minimum Gasteiger partial charge on any atom is -0.480 e. The summed E-state index contributed by atoms with van der Waals surface area (Å²) in [5, 5.41) is 9.26. The fourth-order valence-electron chi connectivity index (χ4n) is 1.99. The lowest BCUT2D eigenvalue weighted by molar-refractivity contribution is -0.150. The van der Waals surface area contributed by atoms with Crippen LogP contribution in [0.2, 0.25) is 0 Å². The van der Waals surface area contributed by atoms with Crippen LogP contribution in [0.25, 0.3) is 0 Å². The molecule has 0 aromatic carbocycles. The molecule has 0 bridgehead atoms. The minimum atomic E-state index is -1.04. The number of likely N-dealkylation sites (tertiary alicyclic amines) is 1. The third-order valence-electron chi connectivity index (χ3n) is 3.38. The second-order valence-electron chi connectivity index (χ2n) is 4.48. The lowest BCUT2D eigenvalue weighted by Crippen LogP contribution is -2.60. The molecule has 1 heterocycles. The predicted molar refractivity (Wildman–Crippen MR) is 60.3 cm³/mol. The highest BCUT2D eigenvalue weighted by atomic mass is 16.4. The van der Waals surface area contributed by atoms with Crippen molar-refractivity contribution < 1.29 is 14.7 Å². The molecule has 0 aromatic rings. The zero-order chi connectivity index (χ0) is 12.3. The first-order valence-corrected chi connectivity index (χ1v) is 5.69. The van der Waals surface area contributed by atoms with E-state index in [1.54, 1.807) is 18.9 Å². The number of nitrogens with zero attached hydrogens (tertiary/aromatic N) is 2. The van der Waals surface area contributed by atoms with Crippen LogP contribution in [0.4, 0.5) is 4.79 Å². The third-order valence-corrected chi connectivity index (χ3v) is 3.38. The zero-order valence-electron chi connectivity index (χ0n) is 10.2. The largest absolute Gasteiger partial charge is 0.480 e. The molecule has 5 nitrogen and oxygen atoms in total. The van der Waals surface area contributed by atoms with Gasteiger partial charge in [-0.15, -0.1) is 0 Å². The van der Waals surface area contributed by atoms with Crippen LogP contribution < -0.4 is 0 Å². The molecule has 1 aliphatic heterocycles. The van der Waals surface area contributed by atoms with Crippen molar-refractivity contribution >= 4 is 12.0 Å². The van der Waals surface area contributed by atoms with E-state index in [2.05, 4.69) is 0 Å². The van der Waals surface area contributed by atoms with Gasteiger partial charge in [-0.05, 0) is 33.1 Å². The Hall–Kier alpha value is -1.26. The SMILES string of the molecule is CCN(C)C(=O)N1CCCCC1(C)C(=O)O. The van der Waals surface area contributed by atoms with Crippen molar-refractivity contribution in [3.8, 4) is 0 Å². The molecule has 0 spiro atoms. The normalized spacial score (nSPS) is 25.3. The van der Waals surface area contributed by atoms with Gasteiger partial charge in [0.25, 0.3) is 0 Å². The van der Waals surface area contributed by atoms with E-state index in [4.69, 9.17) is 0 Å². The van der Waals surface area contributed by atoms with Crippen LogP contribution >= 0.6 is 0 Å². The van der Waals surface area contributed by atoms with E-state index >= 15 is 0 Å². The number of amides is 2. The first kappa shape index (κ1) is 12.8. The van der Waals surface area contributed by atoms with E-state index in [0.29, 0.717) is 19.5 Å². The summed E-state index contributed by atoms with van der Waals surface area (Å²) in [5.41, 5.74) is -1.04. The average molecular weight is 228 g/mol. The summed E-state index contributed by atoms with van der Waals surface area (Å²) < 4.78 is 0. The Kier molecular flexibility index (Phi) is 3.78. The van der Waals surface area contributed by atoms with Crippen LogP contribution in [-0.4, -0.2) is 52.6 Å². The maximum atomic E-state index is 12.0. The standard InChI is InChI=1S/C11H20N2O3/c1-4-12(3)10(16)13-8-6-5-7-11(13,2)9(14)15/h4-8H2,1-3H3,(H,14,15). The molecular formula is C11H20N2O3. The smallest absolute Gasteiger partial charge is 0.329 e. The molecule has 5 heteroatoms. The van der Waals surface area contributed by atoms with Gasteiger partial charge in [0, 0.05) is 20.1 Å². The summed E-state index contributed by atoms with van der Waals surface area (Å²) in [4.78, 5) is 26.4. The van der Waals surface area contributed by atoms with Gasteiger partial charge in [0.1, 0.15) is 5.54 Å². The quantitative estimate of drug-likeness (QED) is 0.776. The van der Waals surface area contributed by atoms with Gasteiger partial charge in [0.2, 0.25) is 0 Å². The Labute approximate surface area is 96.0 Å². The number of aliphatic carboxylic acids is 1. The molecule has 0 saturated carbocycles. The highest BCUT2D eigenvalue weighted by molar-refractivity contribution is 5.86. The molecule has 1 unspecified atom stereocenters. The molecule has 0 radical (unpaired) electrons. The number of carbonyl (C=O) groups is 2. The van der Waals surface area contributed by atoms with E-state index in [1.165, 1.54) is 4.90 Å². The summed E-state index contributed by atoms with van der Waals surface area (Å²) in [7, 11) is 1.69. The van der Waals surface area contributed by atoms with Crippen LogP contribution in [0.3, 0.4) is 0 Å². The zero-order valence-corrected chi connectivity index (χ0v) is 10.2. The summed E-state index contributed by atoms with van der Waals surface area (Å²) >= 11 is 0. The molecule has 2 amide bonds. The number of carboxylic acids is 1. The van der Waals surface area contributed by atoms with Crippen LogP contribution in [0.1, 0.15) is 33.1 Å². The second-order valence-corrected chi connectivity index (χ2v) is 4.48. The maximum Gasteiger partial charge on any atom is 0.329 e. The molecule has 1 aliphatic rings. The minimum absolute atomic E-state index is 0.188. The first-order valence-electron chi connectivity index (χ1n) is 5.69. The number of carbonyl (C=O) groups excluding carboxylic acids is 1. The molecule has 1 N–H and O–H groups in total. The Bertz CT molecular complexity index is 293. The van der Waals surface area contributed by atoms with Crippen molar-refractivity contribution in [3.05, 3.63) is 0 Å². The summed E-state index contributed by atoms with van der Waals surface area (Å²) in [6.07, 6.45) is 2.28. The first-order chi connectivity index (χ1) is 7.43. The van der Waals surface area contributed by atoms with E-state index in [1.807, 2.05) is 6.92 Å². The third kappa shape index (κ3) is 2.13. The summed E-state index contributed by atoms with van der Waals surface area (Å²) in [6, 6.07) is -0.188. The van der Waals surface area contributed by atoms with E-state index in [9.17, 15) is 14.7 Å². The average Bonchev–Trinajstić information content (AvgIpc) is 2.27. The Morgan fingerprint density at radius 1 is 1.44 bits per heavy atom. The van der Waals surface area contributed by atoms with Gasteiger partial charge in [-0.1, -0.05) is 0 Å². The van der Waals surface area contributed by atoms with E-state index in [-0.39, 0.29) is 6.03 Å².